The van der Waals surface area contributed by atoms with Crippen LogP contribution in [-0.4, -0.2) is 67.7 Å². The summed E-state index contributed by atoms with van der Waals surface area (Å²) in [7, 11) is -1.75. The Hall–Kier alpha value is -1.64. The van der Waals surface area contributed by atoms with Gasteiger partial charge >= 0.3 is 5.97 Å². The summed E-state index contributed by atoms with van der Waals surface area (Å²) >= 11 is 0. The van der Waals surface area contributed by atoms with Crippen LogP contribution in [0.1, 0.15) is 18.5 Å². The van der Waals surface area contributed by atoms with E-state index in [0.717, 1.165) is 0 Å². The van der Waals surface area contributed by atoms with Crippen LogP contribution in [0.4, 0.5) is 0 Å². The van der Waals surface area contributed by atoms with Gasteiger partial charge in [-0.1, -0.05) is 12.1 Å². The molecule has 1 fully saturated rings. The monoisotopic (exact) mass is 342 g/mol. The molecule has 0 amide bonds. The molecule has 1 aromatic rings. The predicted octanol–water partition coefficient (Wildman–Crippen LogP) is 0.787. The largest absolute Gasteiger partial charge is 0.497 e. The lowest BCUT2D eigenvalue weighted by molar-refractivity contribution is -0.144. The number of aliphatic carboxylic acids is 1. The molecule has 0 aliphatic carbocycles. The highest BCUT2D eigenvalue weighted by Crippen LogP contribution is 2.27. The molecule has 128 valence electrons. The van der Waals surface area contributed by atoms with E-state index in [1.165, 1.54) is 17.7 Å². The van der Waals surface area contributed by atoms with E-state index in [2.05, 4.69) is 0 Å². The minimum Gasteiger partial charge on any atom is -0.497 e. The van der Waals surface area contributed by atoms with Gasteiger partial charge in [-0.3, -0.25) is 9.69 Å². The van der Waals surface area contributed by atoms with Gasteiger partial charge in [-0.25, -0.2) is 8.42 Å². The summed E-state index contributed by atoms with van der Waals surface area (Å²) in [6.45, 7) is 2.80. The maximum absolute atomic E-state index is 11.8. The average molecular weight is 342 g/mol. The quantitative estimate of drug-likeness (QED) is 0.851. The number of hydrogen-bond donors (Lipinski definition) is 1. The Morgan fingerprint density at radius 2 is 2.09 bits per heavy atom. The summed E-state index contributed by atoms with van der Waals surface area (Å²) in [4.78, 5) is 13.6. The molecule has 2 rings (SSSR count). The summed E-state index contributed by atoms with van der Waals surface area (Å²) in [6.07, 6.45) is 1.18. The highest BCUT2D eigenvalue weighted by atomic mass is 32.2. The molecule has 1 unspecified atom stereocenters. The summed E-state index contributed by atoms with van der Waals surface area (Å²) in [5.41, 5.74) is 0.622. The molecule has 0 aromatic heterocycles. The Morgan fingerprint density at radius 3 is 2.61 bits per heavy atom. The normalized spacial score (nSPS) is 21.8. The van der Waals surface area contributed by atoms with E-state index in [0.29, 0.717) is 24.4 Å². The van der Waals surface area contributed by atoms with Crippen LogP contribution in [0.3, 0.4) is 0 Å². The van der Waals surface area contributed by atoms with Gasteiger partial charge in [-0.15, -0.1) is 0 Å². The van der Waals surface area contributed by atoms with Gasteiger partial charge in [0, 0.05) is 25.7 Å². The smallest absolute Gasteiger partial charge is 0.325 e. The van der Waals surface area contributed by atoms with Crippen molar-refractivity contribution in [3.63, 3.8) is 0 Å². The molecule has 1 aliphatic rings. The fraction of sp³-hybridized carbons (Fsp3) is 0.533. The number of carbonyl (C=O) groups is 1. The number of carboxylic acids is 1. The van der Waals surface area contributed by atoms with E-state index < -0.39 is 22.0 Å². The summed E-state index contributed by atoms with van der Waals surface area (Å²) in [6, 6.07) is 5.86. The summed E-state index contributed by atoms with van der Waals surface area (Å²) < 4.78 is 30.0. The first-order valence-electron chi connectivity index (χ1n) is 7.31. The van der Waals surface area contributed by atoms with Crippen molar-refractivity contribution in [3.05, 3.63) is 29.8 Å². The number of piperazine rings is 1. The topological polar surface area (TPSA) is 87.2 Å². The first-order valence-corrected chi connectivity index (χ1v) is 9.16. The van der Waals surface area contributed by atoms with Gasteiger partial charge in [-0.05, 0) is 24.6 Å². The van der Waals surface area contributed by atoms with Gasteiger partial charge in [0.25, 0.3) is 0 Å². The number of rotatable bonds is 5. The van der Waals surface area contributed by atoms with Gasteiger partial charge in [0.05, 0.1) is 13.4 Å². The zero-order chi connectivity index (χ0) is 17.2. The van der Waals surface area contributed by atoms with Crippen molar-refractivity contribution in [2.75, 3.05) is 33.0 Å². The maximum atomic E-state index is 11.8. The number of nitrogens with zero attached hydrogens (tertiary/aromatic N) is 2. The van der Waals surface area contributed by atoms with Crippen LogP contribution >= 0.6 is 0 Å². The standard InChI is InChI=1S/C15H22N2O5S/c1-11-10-16(7-8-17(11)23(3,20)21)14(15(18)19)12-5-4-6-13(9-12)22-2/h4-6,9,11,14H,7-8,10H2,1-3H3,(H,18,19)/t11-,14?/m1/s1. The van der Waals surface area contributed by atoms with E-state index in [4.69, 9.17) is 4.74 Å². The molecule has 1 saturated heterocycles. The molecule has 0 saturated carbocycles. The van der Waals surface area contributed by atoms with Crippen LogP contribution in [0, 0.1) is 0 Å². The lowest BCUT2D eigenvalue weighted by atomic mass is 10.0. The fourth-order valence-corrected chi connectivity index (χ4v) is 4.15. The van der Waals surface area contributed by atoms with E-state index in [9.17, 15) is 18.3 Å². The first kappa shape index (κ1) is 17.7. The zero-order valence-electron chi connectivity index (χ0n) is 13.5. The Bertz CT molecular complexity index is 676. The minimum atomic E-state index is -3.28. The first-order chi connectivity index (χ1) is 10.7. The van der Waals surface area contributed by atoms with Crippen molar-refractivity contribution < 1.29 is 23.1 Å². The molecule has 1 aliphatic heterocycles. The molecule has 0 spiro atoms. The van der Waals surface area contributed by atoms with Gasteiger partial charge < -0.3 is 9.84 Å². The summed E-state index contributed by atoms with van der Waals surface area (Å²) in [5.74, 6) is -0.366. The number of carboxylic acid groups (broad SMARTS) is 1. The van der Waals surface area contributed by atoms with E-state index in [-0.39, 0.29) is 12.6 Å². The third-order valence-electron chi connectivity index (χ3n) is 4.03. The molecule has 0 bridgehead atoms. The molecule has 7 nitrogen and oxygen atoms in total. The number of sulfonamides is 1. The molecule has 2 atom stereocenters. The molecular weight excluding hydrogens is 320 g/mol. The van der Waals surface area contributed by atoms with Gasteiger partial charge in [-0.2, -0.15) is 4.31 Å². The van der Waals surface area contributed by atoms with Gasteiger partial charge in [0.2, 0.25) is 10.0 Å². The van der Waals surface area contributed by atoms with Crippen molar-refractivity contribution in [2.45, 2.75) is 19.0 Å². The Labute approximate surface area is 136 Å². The fourth-order valence-electron chi connectivity index (χ4n) is 3.02. The van der Waals surface area contributed by atoms with E-state index in [1.807, 2.05) is 0 Å². The molecule has 1 heterocycles. The number of ether oxygens (including phenoxy) is 1. The maximum Gasteiger partial charge on any atom is 0.325 e. The van der Waals surface area contributed by atoms with E-state index in [1.54, 1.807) is 36.1 Å². The van der Waals surface area contributed by atoms with Crippen LogP contribution in [-0.2, 0) is 14.8 Å². The highest BCUT2D eigenvalue weighted by Gasteiger charge is 2.36. The van der Waals surface area contributed by atoms with Crippen LogP contribution in [0.2, 0.25) is 0 Å². The summed E-state index contributed by atoms with van der Waals surface area (Å²) in [5, 5.41) is 9.64. The molecule has 8 heteroatoms. The van der Waals surface area contributed by atoms with E-state index >= 15 is 0 Å². The van der Waals surface area contributed by atoms with Crippen LogP contribution in [0.5, 0.6) is 5.75 Å². The molecular formula is C15H22N2O5S. The van der Waals surface area contributed by atoms with Gasteiger partial charge in [0.1, 0.15) is 11.8 Å². The van der Waals surface area contributed by atoms with Gasteiger partial charge in [0.15, 0.2) is 0 Å². The number of methoxy groups -OCH3 is 1. The molecule has 1 aromatic carbocycles. The van der Waals surface area contributed by atoms with Crippen molar-refractivity contribution in [1.29, 1.82) is 0 Å². The third-order valence-corrected chi connectivity index (χ3v) is 5.43. The van der Waals surface area contributed by atoms with Crippen LogP contribution in [0.15, 0.2) is 24.3 Å². The Balaban J connectivity index is 2.25. The number of hydrogen-bond acceptors (Lipinski definition) is 5. The lowest BCUT2D eigenvalue weighted by Gasteiger charge is -2.40. The highest BCUT2D eigenvalue weighted by molar-refractivity contribution is 7.88. The average Bonchev–Trinajstić information content (AvgIpc) is 2.46. The predicted molar refractivity (Wildman–Crippen MR) is 86.0 cm³/mol. The van der Waals surface area contributed by atoms with Crippen molar-refractivity contribution >= 4 is 16.0 Å². The van der Waals surface area contributed by atoms with Crippen LogP contribution in [0.25, 0.3) is 0 Å². The minimum absolute atomic E-state index is 0.272. The third kappa shape index (κ3) is 4.01. The molecule has 0 radical (unpaired) electrons. The Morgan fingerprint density at radius 1 is 1.39 bits per heavy atom. The van der Waals surface area contributed by atoms with Crippen molar-refractivity contribution in [2.24, 2.45) is 0 Å². The second kappa shape index (κ2) is 6.86. The number of benzene rings is 1. The molecule has 1 N–H and O–H groups in total. The second-order valence-corrected chi connectivity index (χ2v) is 7.67. The van der Waals surface area contributed by atoms with Crippen LogP contribution < -0.4 is 4.74 Å². The van der Waals surface area contributed by atoms with Crippen molar-refractivity contribution in [3.8, 4) is 5.75 Å². The molecule has 23 heavy (non-hydrogen) atoms. The Kier molecular flexibility index (Phi) is 5.28. The SMILES string of the molecule is COc1cccc(C(C(=O)O)N2CCN(S(C)(=O)=O)[C@H](C)C2)c1. The lowest BCUT2D eigenvalue weighted by Crippen LogP contribution is -2.55. The zero-order valence-corrected chi connectivity index (χ0v) is 14.3. The second-order valence-electron chi connectivity index (χ2n) is 5.74. The van der Waals surface area contributed by atoms with Crippen molar-refractivity contribution in [1.82, 2.24) is 9.21 Å².